The molecule has 2 rings (SSSR count). The van der Waals surface area contributed by atoms with Crippen LogP contribution in [0.25, 0.3) is 0 Å². The minimum Gasteiger partial charge on any atom is -0.396 e. The zero-order valence-corrected chi connectivity index (χ0v) is 10.6. The van der Waals surface area contributed by atoms with Gasteiger partial charge in [0.2, 0.25) is 0 Å². The lowest BCUT2D eigenvalue weighted by molar-refractivity contribution is 0.0935. The fourth-order valence-electron chi connectivity index (χ4n) is 1.94. The molecule has 4 nitrogen and oxygen atoms in total. The summed E-state index contributed by atoms with van der Waals surface area (Å²) in [6.07, 6.45) is 1.38. The molecule has 1 heterocycles. The van der Waals surface area contributed by atoms with Crippen molar-refractivity contribution >= 4 is 22.4 Å². The Bertz CT molecular complexity index is 483. The van der Waals surface area contributed by atoms with E-state index in [1.54, 1.807) is 0 Å². The van der Waals surface area contributed by atoms with E-state index < -0.39 is 16.6 Å². The maximum absolute atomic E-state index is 13.2. The summed E-state index contributed by atoms with van der Waals surface area (Å²) in [6, 6.07) is 4.17. The van der Waals surface area contributed by atoms with Gasteiger partial charge in [0.1, 0.15) is 5.82 Å². The van der Waals surface area contributed by atoms with Crippen LogP contribution < -0.4 is 11.1 Å². The van der Waals surface area contributed by atoms with E-state index >= 15 is 0 Å². The number of amides is 1. The number of carbonyl (C=O) groups excluding carboxylic acids is 1. The predicted molar refractivity (Wildman–Crippen MR) is 69.2 cm³/mol. The van der Waals surface area contributed by atoms with Crippen LogP contribution in [0.5, 0.6) is 0 Å². The molecule has 0 aliphatic carbocycles. The number of halogens is 1. The minimum atomic E-state index is -0.764. The molecule has 0 radical (unpaired) electrons. The third-order valence-corrected chi connectivity index (χ3v) is 4.40. The van der Waals surface area contributed by atoms with E-state index in [2.05, 4.69) is 5.32 Å². The summed E-state index contributed by atoms with van der Waals surface area (Å²) in [5.41, 5.74) is 5.55. The highest BCUT2D eigenvalue weighted by atomic mass is 32.2. The molecule has 0 spiro atoms. The van der Waals surface area contributed by atoms with Crippen LogP contribution in [0, 0.1) is 5.82 Å². The van der Waals surface area contributed by atoms with Crippen molar-refractivity contribution < 1.29 is 13.4 Å². The molecule has 1 aromatic carbocycles. The van der Waals surface area contributed by atoms with Gasteiger partial charge >= 0.3 is 0 Å². The maximum atomic E-state index is 13.2. The average Bonchev–Trinajstić information content (AvgIpc) is 2.35. The molecule has 1 aliphatic rings. The van der Waals surface area contributed by atoms with Gasteiger partial charge in [-0.2, -0.15) is 0 Å². The summed E-state index contributed by atoms with van der Waals surface area (Å²) in [6.45, 7) is 0. The summed E-state index contributed by atoms with van der Waals surface area (Å²) in [5, 5.41) is 2.80. The smallest absolute Gasteiger partial charge is 0.253 e. The monoisotopic (exact) mass is 270 g/mol. The Labute approximate surface area is 107 Å². The van der Waals surface area contributed by atoms with Crippen molar-refractivity contribution in [2.24, 2.45) is 0 Å². The van der Waals surface area contributed by atoms with E-state index in [0.717, 1.165) is 0 Å². The second-order valence-corrected chi connectivity index (χ2v) is 5.99. The molecule has 0 bridgehead atoms. The van der Waals surface area contributed by atoms with E-state index in [-0.39, 0.29) is 23.2 Å². The van der Waals surface area contributed by atoms with E-state index in [4.69, 9.17) is 5.73 Å². The molecule has 1 amide bonds. The van der Waals surface area contributed by atoms with Crippen molar-refractivity contribution in [2.75, 3.05) is 17.2 Å². The van der Waals surface area contributed by atoms with Crippen molar-refractivity contribution in [1.29, 1.82) is 0 Å². The first kappa shape index (κ1) is 13.0. The van der Waals surface area contributed by atoms with Gasteiger partial charge in [-0.05, 0) is 25.0 Å². The minimum absolute atomic E-state index is 0.00197. The van der Waals surface area contributed by atoms with Crippen LogP contribution in [0.3, 0.4) is 0 Å². The Kier molecular flexibility index (Phi) is 3.96. The second-order valence-electron chi connectivity index (χ2n) is 4.30. The van der Waals surface area contributed by atoms with Gasteiger partial charge in [0.25, 0.3) is 5.91 Å². The normalized spacial score (nSPS) is 23.6. The number of nitrogens with one attached hydrogen (secondary N) is 1. The van der Waals surface area contributed by atoms with E-state index in [9.17, 15) is 13.4 Å². The number of benzene rings is 1. The summed E-state index contributed by atoms with van der Waals surface area (Å²) in [5.74, 6) is 0.241. The van der Waals surface area contributed by atoms with Gasteiger partial charge in [0.15, 0.2) is 0 Å². The molecule has 1 saturated heterocycles. The molecule has 18 heavy (non-hydrogen) atoms. The first-order valence-electron chi connectivity index (χ1n) is 5.77. The molecule has 1 aromatic rings. The van der Waals surface area contributed by atoms with Gasteiger partial charge in [-0.3, -0.25) is 9.00 Å². The maximum Gasteiger partial charge on any atom is 0.253 e. The fourth-order valence-corrected chi connectivity index (χ4v) is 3.24. The predicted octanol–water partition coefficient (Wildman–Crippen LogP) is 1.05. The van der Waals surface area contributed by atoms with Crippen molar-refractivity contribution in [2.45, 2.75) is 18.9 Å². The van der Waals surface area contributed by atoms with Gasteiger partial charge in [-0.15, -0.1) is 0 Å². The molecule has 6 heteroatoms. The molecule has 0 aromatic heterocycles. The van der Waals surface area contributed by atoms with E-state index in [1.165, 1.54) is 18.2 Å². The fraction of sp³-hybridized carbons (Fsp3) is 0.417. The molecular formula is C12H15FN2O2S. The number of anilines is 1. The van der Waals surface area contributed by atoms with Crippen LogP contribution in [-0.2, 0) is 10.8 Å². The summed E-state index contributed by atoms with van der Waals surface area (Å²) in [7, 11) is -0.764. The van der Waals surface area contributed by atoms with Gasteiger partial charge in [-0.25, -0.2) is 4.39 Å². The van der Waals surface area contributed by atoms with Crippen LogP contribution in [0.2, 0.25) is 0 Å². The lowest BCUT2D eigenvalue weighted by atomic mass is 10.1. The van der Waals surface area contributed by atoms with Crippen LogP contribution in [-0.4, -0.2) is 27.7 Å². The van der Waals surface area contributed by atoms with Crippen molar-refractivity contribution in [3.63, 3.8) is 0 Å². The number of rotatable bonds is 2. The summed E-state index contributed by atoms with van der Waals surface area (Å²) < 4.78 is 24.4. The van der Waals surface area contributed by atoms with Gasteiger partial charge < -0.3 is 11.1 Å². The molecule has 3 N–H and O–H groups in total. The Balaban J connectivity index is 2.03. The van der Waals surface area contributed by atoms with E-state index in [0.29, 0.717) is 24.3 Å². The molecule has 0 atom stereocenters. The number of hydrogen-bond donors (Lipinski definition) is 2. The molecular weight excluding hydrogens is 255 g/mol. The number of para-hydroxylation sites is 1. The van der Waals surface area contributed by atoms with Crippen LogP contribution >= 0.6 is 0 Å². The third-order valence-electron chi connectivity index (χ3n) is 3.02. The zero-order chi connectivity index (χ0) is 13.1. The van der Waals surface area contributed by atoms with Crippen molar-refractivity contribution in [1.82, 2.24) is 5.32 Å². The molecule has 0 unspecified atom stereocenters. The van der Waals surface area contributed by atoms with Gasteiger partial charge in [-0.1, -0.05) is 6.07 Å². The lowest BCUT2D eigenvalue weighted by Crippen LogP contribution is -2.39. The van der Waals surface area contributed by atoms with Crippen molar-refractivity contribution in [3.05, 3.63) is 29.6 Å². The average molecular weight is 270 g/mol. The molecule has 0 saturated carbocycles. The quantitative estimate of drug-likeness (QED) is 0.789. The number of hydrogen-bond acceptors (Lipinski definition) is 3. The van der Waals surface area contributed by atoms with Crippen LogP contribution in [0.15, 0.2) is 18.2 Å². The third kappa shape index (κ3) is 2.87. The topological polar surface area (TPSA) is 72.2 Å². The Morgan fingerprint density at radius 2 is 2.06 bits per heavy atom. The Morgan fingerprint density at radius 3 is 2.72 bits per heavy atom. The lowest BCUT2D eigenvalue weighted by Gasteiger charge is -2.22. The van der Waals surface area contributed by atoms with Gasteiger partial charge in [0, 0.05) is 28.3 Å². The summed E-state index contributed by atoms with van der Waals surface area (Å²) in [4.78, 5) is 11.9. The highest BCUT2D eigenvalue weighted by Crippen LogP contribution is 2.17. The van der Waals surface area contributed by atoms with Crippen LogP contribution in [0.4, 0.5) is 10.1 Å². The zero-order valence-electron chi connectivity index (χ0n) is 9.82. The Morgan fingerprint density at radius 1 is 1.39 bits per heavy atom. The first-order valence-corrected chi connectivity index (χ1v) is 7.26. The highest BCUT2D eigenvalue weighted by Gasteiger charge is 2.21. The summed E-state index contributed by atoms with van der Waals surface area (Å²) >= 11 is 0. The first-order chi connectivity index (χ1) is 8.58. The van der Waals surface area contributed by atoms with Gasteiger partial charge in [0.05, 0.1) is 11.3 Å². The second kappa shape index (κ2) is 5.48. The highest BCUT2D eigenvalue weighted by molar-refractivity contribution is 7.85. The molecule has 1 aliphatic heterocycles. The van der Waals surface area contributed by atoms with E-state index in [1.807, 2.05) is 0 Å². The standard InChI is InChI=1S/C12H15FN2O2S/c13-10-3-1-2-9(11(10)14)12(16)15-8-4-6-18(17)7-5-8/h1-3,8H,4-7,14H2,(H,15,16). The van der Waals surface area contributed by atoms with Crippen molar-refractivity contribution in [3.8, 4) is 0 Å². The number of carbonyl (C=O) groups is 1. The van der Waals surface area contributed by atoms with Crippen LogP contribution in [0.1, 0.15) is 23.2 Å². The molecule has 1 fully saturated rings. The largest absolute Gasteiger partial charge is 0.396 e. The Hall–Kier alpha value is -1.43. The number of nitrogen functional groups attached to an aromatic ring is 1. The number of nitrogens with two attached hydrogens (primary N) is 1. The molecule has 98 valence electrons. The SMILES string of the molecule is Nc1c(F)cccc1C(=O)NC1CCS(=O)CC1.